The number of aromatic nitrogens is 1. The molecule has 0 saturated heterocycles. The number of aliphatic hydroxyl groups excluding tert-OH is 1. The third kappa shape index (κ3) is 3.33. The van der Waals surface area contributed by atoms with E-state index in [4.69, 9.17) is 21.4 Å². The monoisotopic (exact) mass is 255 g/mol. The van der Waals surface area contributed by atoms with Gasteiger partial charge in [-0.15, -0.1) is 0 Å². The van der Waals surface area contributed by atoms with E-state index in [1.807, 2.05) is 0 Å². The number of hydrogen-bond donors (Lipinski definition) is 1. The standard InChI is InChI=1S/C13H18ClNO2/c1-9-3-2-4-11(5-9)17-13-6-10(8-16)12(14)7-15-13/h6-7,9,11,16H,2-5,8H2,1H3. The van der Waals surface area contributed by atoms with Gasteiger partial charge in [0.1, 0.15) is 6.10 Å². The van der Waals surface area contributed by atoms with Crippen LogP contribution in [0.25, 0.3) is 0 Å². The summed E-state index contributed by atoms with van der Waals surface area (Å²) in [7, 11) is 0. The van der Waals surface area contributed by atoms with Gasteiger partial charge in [-0.3, -0.25) is 0 Å². The van der Waals surface area contributed by atoms with Gasteiger partial charge in [0, 0.05) is 17.8 Å². The SMILES string of the molecule is CC1CCCC(Oc2cc(CO)c(Cl)cn2)C1. The van der Waals surface area contributed by atoms with Crippen LogP contribution >= 0.6 is 11.6 Å². The van der Waals surface area contributed by atoms with Crippen molar-refractivity contribution in [2.75, 3.05) is 0 Å². The molecule has 1 aliphatic carbocycles. The molecule has 3 nitrogen and oxygen atoms in total. The van der Waals surface area contributed by atoms with Crippen molar-refractivity contribution in [2.24, 2.45) is 5.92 Å². The van der Waals surface area contributed by atoms with Crippen LogP contribution in [-0.2, 0) is 6.61 Å². The van der Waals surface area contributed by atoms with Gasteiger partial charge in [-0.05, 0) is 25.2 Å². The molecule has 2 atom stereocenters. The molecule has 17 heavy (non-hydrogen) atoms. The predicted molar refractivity (Wildman–Crippen MR) is 67.2 cm³/mol. The zero-order valence-electron chi connectivity index (χ0n) is 10.0. The van der Waals surface area contributed by atoms with Crippen LogP contribution in [0.3, 0.4) is 0 Å². The summed E-state index contributed by atoms with van der Waals surface area (Å²) in [5.74, 6) is 1.29. The minimum atomic E-state index is -0.0845. The Morgan fingerprint density at radius 2 is 2.35 bits per heavy atom. The van der Waals surface area contributed by atoms with Crippen LogP contribution in [0.2, 0.25) is 5.02 Å². The number of hydrogen-bond acceptors (Lipinski definition) is 3. The molecule has 1 N–H and O–H groups in total. The number of ether oxygens (including phenoxy) is 1. The molecule has 0 amide bonds. The second-order valence-electron chi connectivity index (χ2n) is 4.78. The highest BCUT2D eigenvalue weighted by molar-refractivity contribution is 6.31. The van der Waals surface area contributed by atoms with Crippen LogP contribution in [-0.4, -0.2) is 16.2 Å². The molecular weight excluding hydrogens is 238 g/mol. The summed E-state index contributed by atoms with van der Waals surface area (Å²) >= 11 is 5.88. The summed E-state index contributed by atoms with van der Waals surface area (Å²) in [6.07, 6.45) is 6.46. The summed E-state index contributed by atoms with van der Waals surface area (Å²) in [5.41, 5.74) is 0.667. The molecular formula is C13H18ClNO2. The molecule has 0 spiro atoms. The molecule has 0 bridgehead atoms. The molecule has 1 heterocycles. The van der Waals surface area contributed by atoms with Crippen molar-refractivity contribution in [3.05, 3.63) is 22.8 Å². The quantitative estimate of drug-likeness (QED) is 0.902. The minimum absolute atomic E-state index is 0.0845. The first-order valence-corrected chi connectivity index (χ1v) is 6.48. The number of nitrogens with zero attached hydrogens (tertiary/aromatic N) is 1. The maximum atomic E-state index is 9.12. The third-order valence-corrected chi connectivity index (χ3v) is 3.60. The Morgan fingerprint density at radius 1 is 1.53 bits per heavy atom. The molecule has 0 aromatic carbocycles. The number of aliphatic hydroxyl groups is 1. The van der Waals surface area contributed by atoms with E-state index in [1.54, 1.807) is 6.07 Å². The smallest absolute Gasteiger partial charge is 0.213 e. The van der Waals surface area contributed by atoms with Gasteiger partial charge >= 0.3 is 0 Å². The lowest BCUT2D eigenvalue weighted by Gasteiger charge is -2.27. The van der Waals surface area contributed by atoms with Crippen molar-refractivity contribution < 1.29 is 9.84 Å². The van der Waals surface area contributed by atoms with Crippen molar-refractivity contribution in [3.8, 4) is 5.88 Å². The van der Waals surface area contributed by atoms with Gasteiger partial charge in [0.25, 0.3) is 0 Å². The molecule has 1 aromatic rings. The highest BCUT2D eigenvalue weighted by atomic mass is 35.5. The predicted octanol–water partition coefficient (Wildman–Crippen LogP) is 3.18. The Kier molecular flexibility index (Phi) is 4.24. The van der Waals surface area contributed by atoms with E-state index in [0.717, 1.165) is 18.8 Å². The molecule has 4 heteroatoms. The van der Waals surface area contributed by atoms with Gasteiger partial charge in [-0.1, -0.05) is 24.9 Å². The Balaban J connectivity index is 2.02. The molecule has 0 radical (unpaired) electrons. The van der Waals surface area contributed by atoms with Crippen LogP contribution in [0, 0.1) is 5.92 Å². The van der Waals surface area contributed by atoms with Crippen molar-refractivity contribution in [1.82, 2.24) is 4.98 Å². The largest absolute Gasteiger partial charge is 0.474 e. The van der Waals surface area contributed by atoms with Gasteiger partial charge in [0.15, 0.2) is 0 Å². The summed E-state index contributed by atoms with van der Waals surface area (Å²) in [6.45, 7) is 2.17. The van der Waals surface area contributed by atoms with E-state index in [-0.39, 0.29) is 12.7 Å². The Morgan fingerprint density at radius 3 is 3.06 bits per heavy atom. The van der Waals surface area contributed by atoms with Crippen LogP contribution in [0.1, 0.15) is 38.2 Å². The highest BCUT2D eigenvalue weighted by Crippen LogP contribution is 2.27. The van der Waals surface area contributed by atoms with Crippen LogP contribution < -0.4 is 4.74 Å². The first-order valence-electron chi connectivity index (χ1n) is 6.11. The zero-order chi connectivity index (χ0) is 12.3. The molecule has 1 saturated carbocycles. The highest BCUT2D eigenvalue weighted by Gasteiger charge is 2.20. The van der Waals surface area contributed by atoms with Crippen molar-refractivity contribution in [2.45, 2.75) is 45.3 Å². The molecule has 1 aliphatic rings. The Bertz CT molecular complexity index is 384. The van der Waals surface area contributed by atoms with Gasteiger partial charge in [0.05, 0.1) is 11.6 Å². The molecule has 0 aliphatic heterocycles. The normalized spacial score (nSPS) is 24.6. The first-order chi connectivity index (χ1) is 8.19. The van der Waals surface area contributed by atoms with Crippen LogP contribution in [0.4, 0.5) is 0 Å². The van der Waals surface area contributed by atoms with Gasteiger partial charge in [0.2, 0.25) is 5.88 Å². The summed E-state index contributed by atoms with van der Waals surface area (Å²) in [5, 5.41) is 9.61. The van der Waals surface area contributed by atoms with Gasteiger partial charge in [-0.2, -0.15) is 0 Å². The van der Waals surface area contributed by atoms with Crippen LogP contribution in [0.15, 0.2) is 12.3 Å². The van der Waals surface area contributed by atoms with E-state index in [1.165, 1.54) is 19.0 Å². The summed E-state index contributed by atoms with van der Waals surface area (Å²) < 4.78 is 5.84. The van der Waals surface area contributed by atoms with Gasteiger partial charge in [-0.25, -0.2) is 4.98 Å². The lowest BCUT2D eigenvalue weighted by molar-refractivity contribution is 0.123. The fourth-order valence-electron chi connectivity index (χ4n) is 2.30. The van der Waals surface area contributed by atoms with E-state index < -0.39 is 0 Å². The van der Waals surface area contributed by atoms with Gasteiger partial charge < -0.3 is 9.84 Å². The third-order valence-electron chi connectivity index (χ3n) is 3.26. The average Bonchev–Trinajstić information content (AvgIpc) is 2.32. The molecule has 94 valence electrons. The zero-order valence-corrected chi connectivity index (χ0v) is 10.8. The topological polar surface area (TPSA) is 42.4 Å². The maximum Gasteiger partial charge on any atom is 0.213 e. The summed E-state index contributed by atoms with van der Waals surface area (Å²) in [4.78, 5) is 4.14. The minimum Gasteiger partial charge on any atom is -0.474 e. The lowest BCUT2D eigenvalue weighted by Crippen LogP contribution is -2.24. The first kappa shape index (κ1) is 12.7. The fourth-order valence-corrected chi connectivity index (χ4v) is 2.46. The Hall–Kier alpha value is -0.800. The van der Waals surface area contributed by atoms with E-state index in [2.05, 4.69) is 11.9 Å². The van der Waals surface area contributed by atoms with Crippen molar-refractivity contribution in [1.29, 1.82) is 0 Å². The molecule has 1 aromatic heterocycles. The maximum absolute atomic E-state index is 9.12. The van der Waals surface area contributed by atoms with Crippen molar-refractivity contribution in [3.63, 3.8) is 0 Å². The van der Waals surface area contributed by atoms with E-state index in [9.17, 15) is 0 Å². The second-order valence-corrected chi connectivity index (χ2v) is 5.19. The number of halogens is 1. The van der Waals surface area contributed by atoms with Crippen molar-refractivity contribution >= 4 is 11.6 Å². The second kappa shape index (κ2) is 5.69. The molecule has 2 unspecified atom stereocenters. The molecule has 2 rings (SSSR count). The number of pyridine rings is 1. The number of rotatable bonds is 3. The lowest BCUT2D eigenvalue weighted by atomic mass is 9.89. The van der Waals surface area contributed by atoms with E-state index in [0.29, 0.717) is 16.5 Å². The average molecular weight is 256 g/mol. The summed E-state index contributed by atoms with van der Waals surface area (Å²) in [6, 6.07) is 1.72. The molecule has 1 fully saturated rings. The van der Waals surface area contributed by atoms with E-state index >= 15 is 0 Å². The Labute approximate surface area is 107 Å². The fraction of sp³-hybridized carbons (Fsp3) is 0.615. The van der Waals surface area contributed by atoms with Crippen LogP contribution in [0.5, 0.6) is 5.88 Å².